The number of likely N-dealkylation sites (N-methyl/N-ethyl adjacent to an activating group) is 1. The molecule has 1 aromatic rings. The van der Waals surface area contributed by atoms with Gasteiger partial charge in [0.15, 0.2) is 0 Å². The van der Waals surface area contributed by atoms with E-state index in [-0.39, 0.29) is 0 Å². The summed E-state index contributed by atoms with van der Waals surface area (Å²) >= 11 is 0. The van der Waals surface area contributed by atoms with Crippen LogP contribution in [0.3, 0.4) is 0 Å². The molecule has 2 heterocycles. The van der Waals surface area contributed by atoms with Crippen molar-refractivity contribution in [2.24, 2.45) is 0 Å². The summed E-state index contributed by atoms with van der Waals surface area (Å²) in [6.45, 7) is 0.890. The minimum atomic E-state index is -0.669. The van der Waals surface area contributed by atoms with Crippen molar-refractivity contribution in [1.29, 1.82) is 0 Å². The minimum absolute atomic E-state index is 0.632. The second-order valence-corrected chi connectivity index (χ2v) is 5.07. The van der Waals surface area contributed by atoms with Crippen LogP contribution in [-0.4, -0.2) is 40.1 Å². The molecule has 0 aliphatic carbocycles. The van der Waals surface area contributed by atoms with Gasteiger partial charge >= 0.3 is 5.97 Å². The van der Waals surface area contributed by atoms with Crippen molar-refractivity contribution in [2.75, 3.05) is 13.6 Å². The number of carbonyl (C=O) groups is 1. The Morgan fingerprint density at radius 2 is 2.22 bits per heavy atom. The van der Waals surface area contributed by atoms with E-state index in [1.807, 2.05) is 24.1 Å². The second-order valence-electron chi connectivity index (χ2n) is 5.07. The molecule has 0 amide bonds. The molecule has 0 unspecified atom stereocenters. The van der Waals surface area contributed by atoms with Gasteiger partial charge in [0.25, 0.3) is 0 Å². The maximum absolute atomic E-state index is 11.5. The number of aryl methyl sites for hydroxylation is 1. The van der Waals surface area contributed by atoms with E-state index in [0.717, 1.165) is 38.6 Å². The van der Waals surface area contributed by atoms with Crippen LogP contribution in [0.2, 0.25) is 0 Å². The average Bonchev–Trinajstić information content (AvgIpc) is 2.73. The molecule has 1 aliphatic rings. The van der Waals surface area contributed by atoms with Crippen LogP contribution in [-0.2, 0) is 11.2 Å². The molecule has 1 aliphatic heterocycles. The summed E-state index contributed by atoms with van der Waals surface area (Å²) in [6.07, 6.45) is 7.87. The molecule has 4 nitrogen and oxygen atoms in total. The van der Waals surface area contributed by atoms with Gasteiger partial charge in [0.1, 0.15) is 5.54 Å². The molecule has 18 heavy (non-hydrogen) atoms. The number of likely N-dealkylation sites (tertiary alicyclic amines) is 1. The maximum atomic E-state index is 11.5. The molecular formula is C14H20N2O2. The van der Waals surface area contributed by atoms with Crippen molar-refractivity contribution in [3.8, 4) is 0 Å². The van der Waals surface area contributed by atoms with Gasteiger partial charge in [0, 0.05) is 12.4 Å². The molecule has 1 N–H and O–H groups in total. The van der Waals surface area contributed by atoms with Gasteiger partial charge in [-0.1, -0.05) is 0 Å². The number of aromatic nitrogens is 1. The van der Waals surface area contributed by atoms with Gasteiger partial charge in [-0.25, -0.2) is 0 Å². The summed E-state index contributed by atoms with van der Waals surface area (Å²) in [4.78, 5) is 17.5. The molecule has 1 aromatic heterocycles. The number of rotatable bonds is 5. The highest BCUT2D eigenvalue weighted by molar-refractivity contribution is 5.79. The highest BCUT2D eigenvalue weighted by Crippen LogP contribution is 2.32. The predicted molar refractivity (Wildman–Crippen MR) is 69.4 cm³/mol. The Morgan fingerprint density at radius 3 is 2.78 bits per heavy atom. The highest BCUT2D eigenvalue weighted by atomic mass is 16.4. The first-order valence-electron chi connectivity index (χ1n) is 6.49. The van der Waals surface area contributed by atoms with E-state index in [9.17, 15) is 9.90 Å². The number of carboxylic acids is 1. The fourth-order valence-corrected chi connectivity index (χ4v) is 2.84. The smallest absolute Gasteiger partial charge is 0.324 e. The van der Waals surface area contributed by atoms with Crippen molar-refractivity contribution in [3.05, 3.63) is 30.1 Å². The fraction of sp³-hybridized carbons (Fsp3) is 0.571. The fourth-order valence-electron chi connectivity index (χ4n) is 2.84. The Morgan fingerprint density at radius 1 is 1.50 bits per heavy atom. The van der Waals surface area contributed by atoms with E-state index in [4.69, 9.17) is 0 Å². The summed E-state index contributed by atoms with van der Waals surface area (Å²) in [5.74, 6) is -0.669. The predicted octanol–water partition coefficient (Wildman–Crippen LogP) is 1.95. The first-order valence-corrected chi connectivity index (χ1v) is 6.49. The van der Waals surface area contributed by atoms with Crippen molar-refractivity contribution in [3.63, 3.8) is 0 Å². The monoisotopic (exact) mass is 248 g/mol. The van der Waals surface area contributed by atoms with Crippen molar-refractivity contribution in [2.45, 2.75) is 37.6 Å². The zero-order valence-electron chi connectivity index (χ0n) is 10.8. The zero-order valence-corrected chi connectivity index (χ0v) is 10.8. The van der Waals surface area contributed by atoms with Crippen LogP contribution in [0.15, 0.2) is 24.5 Å². The summed E-state index contributed by atoms with van der Waals surface area (Å²) in [5.41, 5.74) is 0.596. The molecule has 1 saturated heterocycles. The molecule has 1 fully saturated rings. The summed E-state index contributed by atoms with van der Waals surface area (Å²) < 4.78 is 0. The van der Waals surface area contributed by atoms with Gasteiger partial charge < -0.3 is 5.11 Å². The first-order chi connectivity index (χ1) is 8.65. The lowest BCUT2D eigenvalue weighted by Gasteiger charge is -2.31. The van der Waals surface area contributed by atoms with E-state index in [0.29, 0.717) is 0 Å². The van der Waals surface area contributed by atoms with Gasteiger partial charge in [-0.15, -0.1) is 0 Å². The average molecular weight is 248 g/mol. The quantitative estimate of drug-likeness (QED) is 0.865. The molecule has 1 atom stereocenters. The number of aliphatic carboxylic acids is 1. The molecule has 0 bridgehead atoms. The van der Waals surface area contributed by atoms with E-state index in [1.54, 1.807) is 12.4 Å². The lowest BCUT2D eigenvalue weighted by Crippen LogP contribution is -2.48. The molecule has 98 valence electrons. The largest absolute Gasteiger partial charge is 0.480 e. The third-order valence-electron chi connectivity index (χ3n) is 4.02. The highest BCUT2D eigenvalue weighted by Gasteiger charge is 2.44. The van der Waals surface area contributed by atoms with Crippen LogP contribution >= 0.6 is 0 Å². The van der Waals surface area contributed by atoms with E-state index in [1.165, 1.54) is 5.56 Å². The topological polar surface area (TPSA) is 53.4 Å². The van der Waals surface area contributed by atoms with Crippen molar-refractivity contribution >= 4 is 5.97 Å². The molecule has 0 saturated carbocycles. The van der Waals surface area contributed by atoms with Crippen LogP contribution in [0, 0.1) is 0 Å². The number of hydrogen-bond acceptors (Lipinski definition) is 3. The number of hydrogen-bond donors (Lipinski definition) is 1. The SMILES string of the molecule is CN1CCC[C@]1(CCCc1ccncc1)C(=O)O. The van der Waals surface area contributed by atoms with Crippen LogP contribution in [0.5, 0.6) is 0 Å². The Labute approximate surface area is 108 Å². The lowest BCUT2D eigenvalue weighted by atomic mass is 9.89. The van der Waals surface area contributed by atoms with E-state index in [2.05, 4.69) is 4.98 Å². The van der Waals surface area contributed by atoms with Gasteiger partial charge in [-0.2, -0.15) is 0 Å². The Bertz CT molecular complexity index is 408. The third kappa shape index (κ3) is 2.53. The second kappa shape index (κ2) is 5.48. The number of nitrogens with zero attached hydrogens (tertiary/aromatic N) is 2. The van der Waals surface area contributed by atoms with Crippen molar-refractivity contribution in [1.82, 2.24) is 9.88 Å². The molecule has 4 heteroatoms. The van der Waals surface area contributed by atoms with Gasteiger partial charge in [0.2, 0.25) is 0 Å². The van der Waals surface area contributed by atoms with Crippen LogP contribution in [0.1, 0.15) is 31.2 Å². The van der Waals surface area contributed by atoms with E-state index >= 15 is 0 Å². The summed E-state index contributed by atoms with van der Waals surface area (Å²) in [6, 6.07) is 3.98. The third-order valence-corrected chi connectivity index (χ3v) is 4.02. The summed E-state index contributed by atoms with van der Waals surface area (Å²) in [5, 5.41) is 9.48. The normalized spacial score (nSPS) is 24.3. The van der Waals surface area contributed by atoms with Gasteiger partial charge in [-0.05, 0) is 63.4 Å². The molecule has 0 aromatic carbocycles. The van der Waals surface area contributed by atoms with Crippen LogP contribution < -0.4 is 0 Å². The van der Waals surface area contributed by atoms with Crippen molar-refractivity contribution < 1.29 is 9.90 Å². The summed E-state index contributed by atoms with van der Waals surface area (Å²) in [7, 11) is 1.92. The Balaban J connectivity index is 1.93. The number of pyridine rings is 1. The molecular weight excluding hydrogens is 228 g/mol. The Kier molecular flexibility index (Phi) is 3.97. The standard InChI is InChI=1S/C14H20N2O2/c1-16-11-3-8-14(16,13(17)18)7-2-4-12-5-9-15-10-6-12/h5-6,9-10H,2-4,7-8,11H2,1H3,(H,17,18)/t14-/m1/s1. The Hall–Kier alpha value is -1.42. The van der Waals surface area contributed by atoms with Gasteiger partial charge in [-0.3, -0.25) is 14.7 Å². The molecule has 0 spiro atoms. The first kappa shape index (κ1) is 13.0. The van der Waals surface area contributed by atoms with Gasteiger partial charge in [0.05, 0.1) is 0 Å². The molecule has 0 radical (unpaired) electrons. The minimum Gasteiger partial charge on any atom is -0.480 e. The number of carboxylic acid groups (broad SMARTS) is 1. The molecule has 2 rings (SSSR count). The maximum Gasteiger partial charge on any atom is 0.324 e. The van der Waals surface area contributed by atoms with E-state index < -0.39 is 11.5 Å². The zero-order chi connectivity index (χ0) is 13.0. The van der Waals surface area contributed by atoms with Crippen LogP contribution in [0.25, 0.3) is 0 Å². The van der Waals surface area contributed by atoms with Crippen LogP contribution in [0.4, 0.5) is 0 Å². The lowest BCUT2D eigenvalue weighted by molar-refractivity contribution is -0.149.